The van der Waals surface area contributed by atoms with E-state index in [9.17, 15) is 53.1 Å². The highest BCUT2D eigenvalue weighted by atomic mass is 16.5. The number of aliphatic carboxylic acids is 1. The van der Waals surface area contributed by atoms with Crippen molar-refractivity contribution in [3.05, 3.63) is 0 Å². The van der Waals surface area contributed by atoms with Gasteiger partial charge in [-0.2, -0.15) is 0 Å². The summed E-state index contributed by atoms with van der Waals surface area (Å²) in [5, 5.41) is 28.5. The number of hydrogen-bond acceptors (Lipinski definition) is 11. The maximum absolute atomic E-state index is 14.3. The van der Waals surface area contributed by atoms with Gasteiger partial charge in [-0.25, -0.2) is 4.79 Å². The summed E-state index contributed by atoms with van der Waals surface area (Å²) in [6.45, 7) is 19.8. The Balaban J connectivity index is 3.93. The topological polar surface area (TPSA) is 310 Å². The predicted octanol–water partition coefficient (Wildman–Crippen LogP) is 4.98. The van der Waals surface area contributed by atoms with E-state index in [0.29, 0.717) is 12.8 Å². The van der Waals surface area contributed by atoms with Crippen LogP contribution in [-0.2, 0) is 52.7 Å². The monoisotopic (exact) mass is 1050 g/mol. The van der Waals surface area contributed by atoms with E-state index in [-0.39, 0.29) is 56.3 Å². The second-order valence-electron chi connectivity index (χ2n) is 22.0. The van der Waals surface area contributed by atoms with E-state index >= 15 is 0 Å². The quantitative estimate of drug-likeness (QED) is 0.0410. The van der Waals surface area contributed by atoms with E-state index in [0.717, 1.165) is 32.1 Å². The zero-order valence-corrected chi connectivity index (χ0v) is 46.7. The lowest BCUT2D eigenvalue weighted by atomic mass is 9.97. The SMILES string of the molecule is CCCCCCCCCCCCCC1CC(=O)N[C@@H](CCC(N)=O)C(=O)NC(CC(C)C)C(=O)N[C@H](CC(C)C)C(=O)N[C@@H](C(C)C)C(=O)NC(CC(=O)O)C(=O)N[C@H](CC(C)C)C(=O)NC([C@@H](C)CC)C(=O)O1. The smallest absolute Gasteiger partial charge is 0.329 e. The number of carboxylic acids is 1. The van der Waals surface area contributed by atoms with E-state index < -0.39 is 132 Å². The van der Waals surface area contributed by atoms with Crippen molar-refractivity contribution in [3.8, 4) is 0 Å². The van der Waals surface area contributed by atoms with Crippen LogP contribution in [0.4, 0.5) is 0 Å². The fourth-order valence-corrected chi connectivity index (χ4v) is 8.77. The molecule has 8 amide bonds. The zero-order valence-electron chi connectivity index (χ0n) is 46.7. The summed E-state index contributed by atoms with van der Waals surface area (Å²) in [4.78, 5) is 137. The maximum Gasteiger partial charge on any atom is 0.329 e. The molecule has 10 N–H and O–H groups in total. The van der Waals surface area contributed by atoms with Gasteiger partial charge in [0.2, 0.25) is 47.3 Å². The van der Waals surface area contributed by atoms with E-state index in [2.05, 4.69) is 44.1 Å². The van der Waals surface area contributed by atoms with Gasteiger partial charge < -0.3 is 52.8 Å². The molecule has 424 valence electrons. The van der Waals surface area contributed by atoms with Gasteiger partial charge >= 0.3 is 11.9 Å². The molecule has 74 heavy (non-hydrogen) atoms. The highest BCUT2D eigenvalue weighted by molar-refractivity contribution is 5.98. The third-order valence-electron chi connectivity index (χ3n) is 13.2. The van der Waals surface area contributed by atoms with Gasteiger partial charge in [-0.3, -0.25) is 43.2 Å². The molecule has 0 saturated carbocycles. The number of rotatable bonds is 26. The number of esters is 1. The first-order valence-electron chi connectivity index (χ1n) is 27.6. The first kappa shape index (κ1) is 66.7. The number of nitrogens with one attached hydrogen (secondary N) is 7. The fraction of sp³-hybridized carbons (Fsp3) is 0.815. The lowest BCUT2D eigenvalue weighted by molar-refractivity contribution is -0.156. The van der Waals surface area contributed by atoms with E-state index in [4.69, 9.17) is 10.5 Å². The molecule has 4 unspecified atom stereocenters. The van der Waals surface area contributed by atoms with Crippen LogP contribution in [0.1, 0.15) is 205 Å². The second kappa shape index (κ2) is 35.8. The van der Waals surface area contributed by atoms with Crippen LogP contribution in [0.5, 0.6) is 0 Å². The van der Waals surface area contributed by atoms with E-state index in [1.54, 1.807) is 34.6 Å². The van der Waals surface area contributed by atoms with Crippen LogP contribution in [0.2, 0.25) is 0 Å². The average Bonchev–Trinajstić information content (AvgIpc) is 3.30. The molecule has 1 aliphatic rings. The summed E-state index contributed by atoms with van der Waals surface area (Å²) in [5.74, 6) is -10.4. The Kier molecular flexibility index (Phi) is 32.3. The normalized spacial score (nSPS) is 24.1. The molecule has 0 aromatic heterocycles. The Bertz CT molecular complexity index is 1810. The van der Waals surface area contributed by atoms with Gasteiger partial charge in [-0.15, -0.1) is 0 Å². The number of cyclic esters (lactones) is 1. The van der Waals surface area contributed by atoms with Gasteiger partial charge in [0.25, 0.3) is 0 Å². The first-order valence-corrected chi connectivity index (χ1v) is 27.6. The number of amides is 8. The highest BCUT2D eigenvalue weighted by Crippen LogP contribution is 2.20. The molecule has 0 spiro atoms. The number of carboxylic acid groups (broad SMARTS) is 1. The largest absolute Gasteiger partial charge is 0.481 e. The van der Waals surface area contributed by atoms with E-state index in [1.807, 2.05) is 34.6 Å². The van der Waals surface area contributed by atoms with Crippen LogP contribution in [-0.4, -0.2) is 113 Å². The number of nitrogens with two attached hydrogens (primary N) is 1. The molecule has 0 radical (unpaired) electrons. The number of carbonyl (C=O) groups excluding carboxylic acids is 9. The fourth-order valence-electron chi connectivity index (χ4n) is 8.77. The minimum absolute atomic E-state index is 0.0470. The molecule has 1 aliphatic heterocycles. The summed E-state index contributed by atoms with van der Waals surface area (Å²) < 4.78 is 6.09. The molecule has 0 bridgehead atoms. The lowest BCUT2D eigenvalue weighted by Gasteiger charge is -2.30. The lowest BCUT2D eigenvalue weighted by Crippen LogP contribution is -2.61. The van der Waals surface area contributed by atoms with Crippen LogP contribution < -0.4 is 43.0 Å². The van der Waals surface area contributed by atoms with Crippen molar-refractivity contribution < 1.29 is 57.8 Å². The molecular formula is C54H96N8O12. The molecule has 0 aromatic carbocycles. The second-order valence-corrected chi connectivity index (χ2v) is 22.0. The van der Waals surface area contributed by atoms with E-state index in [1.165, 1.54) is 32.1 Å². The summed E-state index contributed by atoms with van der Waals surface area (Å²) in [6, 6.07) is -9.49. The highest BCUT2D eigenvalue weighted by Gasteiger charge is 2.38. The number of carbonyl (C=O) groups is 10. The Labute approximate surface area is 441 Å². The van der Waals surface area contributed by atoms with Gasteiger partial charge in [0, 0.05) is 6.42 Å². The molecule has 1 rings (SSSR count). The van der Waals surface area contributed by atoms with Crippen molar-refractivity contribution in [2.45, 2.75) is 253 Å². The van der Waals surface area contributed by atoms with Gasteiger partial charge in [0.15, 0.2) is 0 Å². The van der Waals surface area contributed by atoms with Crippen LogP contribution in [0.25, 0.3) is 0 Å². The predicted molar refractivity (Wildman–Crippen MR) is 282 cm³/mol. The summed E-state index contributed by atoms with van der Waals surface area (Å²) in [5.41, 5.74) is 5.50. The van der Waals surface area contributed by atoms with Crippen molar-refractivity contribution in [2.75, 3.05) is 0 Å². The van der Waals surface area contributed by atoms with Crippen LogP contribution >= 0.6 is 0 Å². The number of ether oxygens (including phenoxy) is 1. The van der Waals surface area contributed by atoms with Crippen LogP contribution in [0, 0.1) is 29.6 Å². The molecular weight excluding hydrogens is 953 g/mol. The molecule has 20 heteroatoms. The van der Waals surface area contributed by atoms with Crippen molar-refractivity contribution in [1.82, 2.24) is 37.2 Å². The van der Waals surface area contributed by atoms with Gasteiger partial charge in [0.05, 0.1) is 12.8 Å². The van der Waals surface area contributed by atoms with Gasteiger partial charge in [-0.05, 0) is 68.1 Å². The van der Waals surface area contributed by atoms with Gasteiger partial charge in [-0.1, -0.05) is 147 Å². The minimum Gasteiger partial charge on any atom is -0.481 e. The molecule has 20 nitrogen and oxygen atoms in total. The van der Waals surface area contributed by atoms with Crippen LogP contribution in [0.15, 0.2) is 0 Å². The average molecular weight is 1050 g/mol. The summed E-state index contributed by atoms with van der Waals surface area (Å²) in [7, 11) is 0. The zero-order chi connectivity index (χ0) is 56.1. The third-order valence-corrected chi connectivity index (χ3v) is 13.2. The molecule has 0 aliphatic carbocycles. The molecule has 1 heterocycles. The number of unbranched alkanes of at least 4 members (excludes halogenated alkanes) is 10. The standard InChI is InChI=1S/C54H96N8O12/c1-12-14-15-16-17-18-19-20-21-22-23-24-37-30-44(64)56-38(25-26-43(55)63)48(67)57-39(27-32(3)4)49(68)58-40(28-33(5)6)51(70)61-46(35(9)10)53(72)60-42(31-45(65)66)50(69)59-41(29-34(7)8)52(71)62-47(36(11)13-2)54(73)74-37/h32-42,46-47H,12-31H2,1-11H3,(H2,55,63)(H,56,64)(H,57,67)(H,58,68)(H,59,69)(H,60,72)(H,61,70)(H,62,71)(H,65,66)/t36-,37?,38-,39?,40+,41+,42?,46-,47?/m0/s1. The van der Waals surface area contributed by atoms with Crippen molar-refractivity contribution in [1.29, 1.82) is 0 Å². The van der Waals surface area contributed by atoms with Crippen molar-refractivity contribution in [2.24, 2.45) is 35.3 Å². The Morgan fingerprint density at radius 2 is 0.932 bits per heavy atom. The van der Waals surface area contributed by atoms with Crippen molar-refractivity contribution >= 4 is 59.2 Å². The first-order chi connectivity index (χ1) is 34.8. The molecule has 1 fully saturated rings. The molecule has 9 atom stereocenters. The number of hydrogen-bond donors (Lipinski definition) is 9. The molecule has 0 aromatic rings. The Morgan fingerprint density at radius 1 is 0.527 bits per heavy atom. The van der Waals surface area contributed by atoms with Crippen molar-refractivity contribution in [3.63, 3.8) is 0 Å². The Morgan fingerprint density at radius 3 is 1.35 bits per heavy atom. The van der Waals surface area contributed by atoms with Crippen LogP contribution in [0.3, 0.4) is 0 Å². The number of primary amides is 1. The van der Waals surface area contributed by atoms with Gasteiger partial charge in [0.1, 0.15) is 48.4 Å². The Hall–Kier alpha value is -5.30. The molecule has 1 saturated heterocycles. The third kappa shape index (κ3) is 27.3. The summed E-state index contributed by atoms with van der Waals surface area (Å²) >= 11 is 0. The minimum atomic E-state index is -1.72. The maximum atomic E-state index is 14.3. The summed E-state index contributed by atoms with van der Waals surface area (Å²) in [6.07, 6.45) is 9.70.